The third-order valence-electron chi connectivity index (χ3n) is 4.78. The molecule has 6 nitrogen and oxygen atoms in total. The number of unbranched alkanes of at least 4 members (excludes halogenated alkanes) is 1. The van der Waals surface area contributed by atoms with E-state index in [4.69, 9.17) is 0 Å². The Hall–Kier alpha value is -1.40. The number of hydrogen-bond donors (Lipinski definition) is 3. The summed E-state index contributed by atoms with van der Waals surface area (Å²) in [6, 6.07) is -0.153. The Balaban J connectivity index is 1.51. The van der Waals surface area contributed by atoms with E-state index in [9.17, 15) is 9.90 Å². The second-order valence-electron chi connectivity index (χ2n) is 6.94. The van der Waals surface area contributed by atoms with Gasteiger partial charge in [0.1, 0.15) is 5.82 Å². The molecule has 0 aromatic carbocycles. The molecule has 3 N–H and O–H groups in total. The maximum absolute atomic E-state index is 11.9. The van der Waals surface area contributed by atoms with Gasteiger partial charge >= 0.3 is 0 Å². The first-order chi connectivity index (χ1) is 11.2. The van der Waals surface area contributed by atoms with E-state index in [-0.39, 0.29) is 17.9 Å². The Bertz CT molecular complexity index is 526. The Morgan fingerprint density at radius 2 is 2.30 bits per heavy atom. The Kier molecular flexibility index (Phi) is 5.33. The third-order valence-corrected chi connectivity index (χ3v) is 4.78. The monoisotopic (exact) mass is 320 g/mol. The molecule has 23 heavy (non-hydrogen) atoms. The van der Waals surface area contributed by atoms with Crippen molar-refractivity contribution in [2.45, 2.75) is 64.1 Å². The molecular weight excluding hydrogens is 292 g/mol. The average molecular weight is 320 g/mol. The van der Waals surface area contributed by atoms with Crippen molar-refractivity contribution >= 4 is 5.91 Å². The van der Waals surface area contributed by atoms with Crippen LogP contribution in [0, 0.1) is 5.92 Å². The molecule has 1 amide bonds. The van der Waals surface area contributed by atoms with Crippen LogP contribution in [0.5, 0.6) is 0 Å². The molecule has 1 aromatic heterocycles. The molecule has 1 aromatic rings. The van der Waals surface area contributed by atoms with Crippen LogP contribution in [0.15, 0.2) is 6.20 Å². The van der Waals surface area contributed by atoms with Crippen LogP contribution in [0.3, 0.4) is 0 Å². The first-order valence-electron chi connectivity index (χ1n) is 8.89. The average Bonchev–Trinajstić information content (AvgIpc) is 3.30. The van der Waals surface area contributed by atoms with E-state index in [2.05, 4.69) is 27.1 Å². The zero-order valence-corrected chi connectivity index (χ0v) is 13.9. The third kappa shape index (κ3) is 4.54. The Morgan fingerprint density at radius 3 is 3.04 bits per heavy atom. The highest BCUT2D eigenvalue weighted by molar-refractivity contribution is 5.81. The zero-order valence-electron chi connectivity index (χ0n) is 13.9. The van der Waals surface area contributed by atoms with Crippen LogP contribution >= 0.6 is 0 Å². The molecular formula is C17H28N4O2. The highest BCUT2D eigenvalue weighted by Crippen LogP contribution is 2.29. The van der Waals surface area contributed by atoms with Crippen molar-refractivity contribution in [1.82, 2.24) is 20.2 Å². The summed E-state index contributed by atoms with van der Waals surface area (Å²) < 4.78 is 0. The van der Waals surface area contributed by atoms with Gasteiger partial charge in [-0.15, -0.1) is 0 Å². The number of H-pyrrole nitrogens is 1. The molecule has 0 spiro atoms. The van der Waals surface area contributed by atoms with E-state index in [0.29, 0.717) is 13.0 Å². The summed E-state index contributed by atoms with van der Waals surface area (Å²) in [5, 5.41) is 13.2. The summed E-state index contributed by atoms with van der Waals surface area (Å²) in [6.07, 6.45) is 7.48. The number of imidazole rings is 1. The number of likely N-dealkylation sites (tertiary alicyclic amines) is 1. The van der Waals surface area contributed by atoms with Gasteiger partial charge in [0.05, 0.1) is 12.1 Å². The Morgan fingerprint density at radius 1 is 1.48 bits per heavy atom. The number of aromatic amines is 1. The topological polar surface area (TPSA) is 81.2 Å². The summed E-state index contributed by atoms with van der Waals surface area (Å²) in [5.74, 6) is 1.35. The lowest BCUT2D eigenvalue weighted by molar-refractivity contribution is -0.124. The summed E-state index contributed by atoms with van der Waals surface area (Å²) in [5.41, 5.74) is 1.11. The second-order valence-corrected chi connectivity index (χ2v) is 6.94. The number of amides is 1. The second kappa shape index (κ2) is 7.45. The highest BCUT2D eigenvalue weighted by atomic mass is 16.3. The molecule has 2 aliphatic rings. The van der Waals surface area contributed by atoms with Gasteiger partial charge < -0.3 is 15.4 Å². The quantitative estimate of drug-likeness (QED) is 0.705. The van der Waals surface area contributed by atoms with Crippen LogP contribution in [0.25, 0.3) is 0 Å². The van der Waals surface area contributed by atoms with Gasteiger partial charge in [0.25, 0.3) is 0 Å². The van der Waals surface area contributed by atoms with Crippen LogP contribution in [-0.2, 0) is 17.8 Å². The predicted octanol–water partition coefficient (Wildman–Crippen LogP) is 1.21. The molecule has 6 heteroatoms. The summed E-state index contributed by atoms with van der Waals surface area (Å²) in [6.45, 7) is 4.52. The van der Waals surface area contributed by atoms with Gasteiger partial charge in [0.2, 0.25) is 5.91 Å². The standard InChI is InChI=1S/C17H28N4O2/c1-2-3-4-16-18-9-13(19-16)10-21-8-7-15(22)14(11-21)20-17(23)12-5-6-12/h9,12,14-15,22H,2-8,10-11H2,1H3,(H,18,19)(H,20,23)/t14-,15-/m1/s1. The number of nitrogens with zero attached hydrogens (tertiary/aromatic N) is 2. The van der Waals surface area contributed by atoms with Gasteiger partial charge in [0, 0.05) is 43.9 Å². The molecule has 3 rings (SSSR count). The van der Waals surface area contributed by atoms with Crippen molar-refractivity contribution in [3.63, 3.8) is 0 Å². The lowest BCUT2D eigenvalue weighted by Gasteiger charge is -2.36. The number of hydrogen-bond acceptors (Lipinski definition) is 4. The van der Waals surface area contributed by atoms with Crippen LogP contribution < -0.4 is 5.32 Å². The maximum atomic E-state index is 11.9. The highest BCUT2D eigenvalue weighted by Gasteiger charge is 2.34. The molecule has 2 atom stereocenters. The van der Waals surface area contributed by atoms with Gasteiger partial charge in [-0.05, 0) is 25.7 Å². The largest absolute Gasteiger partial charge is 0.391 e. The molecule has 1 saturated heterocycles. The molecule has 1 aliphatic heterocycles. The minimum absolute atomic E-state index is 0.110. The molecule has 2 heterocycles. The van der Waals surface area contributed by atoms with Gasteiger partial charge in [-0.25, -0.2) is 4.98 Å². The molecule has 1 aliphatic carbocycles. The van der Waals surface area contributed by atoms with Gasteiger partial charge in [-0.3, -0.25) is 9.69 Å². The molecule has 0 radical (unpaired) electrons. The number of aryl methyl sites for hydroxylation is 1. The van der Waals surface area contributed by atoms with E-state index >= 15 is 0 Å². The van der Waals surface area contributed by atoms with Crippen molar-refractivity contribution in [2.75, 3.05) is 13.1 Å². The van der Waals surface area contributed by atoms with Crippen molar-refractivity contribution in [2.24, 2.45) is 5.92 Å². The lowest BCUT2D eigenvalue weighted by Crippen LogP contribution is -2.55. The van der Waals surface area contributed by atoms with Crippen molar-refractivity contribution < 1.29 is 9.90 Å². The molecule has 2 fully saturated rings. The zero-order chi connectivity index (χ0) is 16.2. The van der Waals surface area contributed by atoms with E-state index in [1.807, 2.05) is 6.20 Å². The first-order valence-corrected chi connectivity index (χ1v) is 8.89. The predicted molar refractivity (Wildman–Crippen MR) is 87.8 cm³/mol. The Labute approximate surface area is 137 Å². The van der Waals surface area contributed by atoms with Crippen molar-refractivity contribution in [3.05, 3.63) is 17.7 Å². The van der Waals surface area contributed by atoms with E-state index in [1.54, 1.807) is 0 Å². The summed E-state index contributed by atoms with van der Waals surface area (Å²) in [4.78, 5) is 22.0. The fourth-order valence-corrected chi connectivity index (χ4v) is 3.14. The summed E-state index contributed by atoms with van der Waals surface area (Å²) >= 11 is 0. The minimum Gasteiger partial charge on any atom is -0.391 e. The van der Waals surface area contributed by atoms with Crippen molar-refractivity contribution in [1.29, 1.82) is 0 Å². The number of aliphatic hydroxyl groups excluding tert-OH is 1. The SMILES string of the molecule is CCCCc1ncc(CN2CC[C@@H](O)[C@H](NC(=O)C3CC3)C2)[nH]1. The van der Waals surface area contributed by atoms with E-state index < -0.39 is 6.10 Å². The molecule has 0 unspecified atom stereocenters. The van der Waals surface area contributed by atoms with Crippen LogP contribution in [-0.4, -0.2) is 51.1 Å². The number of aliphatic hydroxyl groups is 1. The first kappa shape index (κ1) is 16.5. The number of carbonyl (C=O) groups is 1. The minimum atomic E-state index is -0.434. The van der Waals surface area contributed by atoms with Gasteiger partial charge in [0.15, 0.2) is 0 Å². The van der Waals surface area contributed by atoms with Gasteiger partial charge in [-0.2, -0.15) is 0 Å². The fraction of sp³-hybridized carbons (Fsp3) is 0.765. The molecule has 128 valence electrons. The summed E-state index contributed by atoms with van der Waals surface area (Å²) in [7, 11) is 0. The molecule has 1 saturated carbocycles. The van der Waals surface area contributed by atoms with E-state index in [0.717, 1.165) is 50.3 Å². The van der Waals surface area contributed by atoms with Gasteiger partial charge in [-0.1, -0.05) is 13.3 Å². The number of aromatic nitrogens is 2. The lowest BCUT2D eigenvalue weighted by atomic mass is 10.0. The van der Waals surface area contributed by atoms with Crippen LogP contribution in [0.1, 0.15) is 50.5 Å². The van der Waals surface area contributed by atoms with E-state index in [1.165, 1.54) is 6.42 Å². The number of carbonyl (C=O) groups excluding carboxylic acids is 1. The fourth-order valence-electron chi connectivity index (χ4n) is 3.14. The van der Waals surface area contributed by atoms with Crippen LogP contribution in [0.4, 0.5) is 0 Å². The van der Waals surface area contributed by atoms with Crippen molar-refractivity contribution in [3.8, 4) is 0 Å². The normalized spacial score (nSPS) is 25.5. The number of rotatable bonds is 7. The number of piperidine rings is 1. The smallest absolute Gasteiger partial charge is 0.223 e. The number of nitrogens with one attached hydrogen (secondary N) is 2. The van der Waals surface area contributed by atoms with Crippen LogP contribution in [0.2, 0.25) is 0 Å². The molecule has 0 bridgehead atoms. The maximum Gasteiger partial charge on any atom is 0.223 e.